The Bertz CT molecular complexity index is 920. The summed E-state index contributed by atoms with van der Waals surface area (Å²) in [5.41, 5.74) is 1.19. The normalized spacial score (nSPS) is 24.1. The molecule has 6 heteroatoms. The number of nitrogens with zero attached hydrogens (tertiary/aromatic N) is 3. The first-order valence-corrected chi connectivity index (χ1v) is 10.5. The lowest BCUT2D eigenvalue weighted by Crippen LogP contribution is -2.61. The number of hydrogen-bond acceptors (Lipinski definition) is 5. The average Bonchev–Trinajstić information content (AvgIpc) is 3.21. The van der Waals surface area contributed by atoms with Gasteiger partial charge in [0.2, 0.25) is 0 Å². The Morgan fingerprint density at radius 3 is 2.59 bits per heavy atom. The monoisotopic (exact) mass is 397 g/mol. The first-order chi connectivity index (χ1) is 14.0. The fourth-order valence-corrected chi connectivity index (χ4v) is 5.50. The van der Waals surface area contributed by atoms with E-state index in [4.69, 9.17) is 9.47 Å². The van der Waals surface area contributed by atoms with Crippen LogP contribution in [0.4, 0.5) is 0 Å². The molecule has 0 bridgehead atoms. The third kappa shape index (κ3) is 3.49. The Balaban J connectivity index is 1.67. The summed E-state index contributed by atoms with van der Waals surface area (Å²) in [5, 5.41) is 0. The number of para-hydroxylation sites is 1. The number of piperidine rings is 1. The van der Waals surface area contributed by atoms with Gasteiger partial charge in [-0.1, -0.05) is 25.0 Å². The summed E-state index contributed by atoms with van der Waals surface area (Å²) in [4.78, 5) is 20.0. The fraction of sp³-hybridized carbons (Fsp3) is 0.565. The maximum absolute atomic E-state index is 13.0. The molecule has 156 valence electrons. The molecule has 1 aromatic heterocycles. The van der Waals surface area contributed by atoms with E-state index in [9.17, 15) is 4.79 Å². The SMILES string of the molecule is COc1ccccc1-c1cc(=O)n(CC2(OC)CCN(C)CC23CCCC3)cn1. The molecule has 1 aromatic carbocycles. The zero-order valence-corrected chi connectivity index (χ0v) is 17.7. The molecule has 2 fully saturated rings. The van der Waals surface area contributed by atoms with Crippen LogP contribution < -0.4 is 10.3 Å². The fourth-order valence-electron chi connectivity index (χ4n) is 5.50. The summed E-state index contributed by atoms with van der Waals surface area (Å²) in [6.45, 7) is 2.56. The molecule has 1 unspecified atom stereocenters. The zero-order chi connectivity index (χ0) is 20.5. The Hall–Kier alpha value is -2.18. The highest BCUT2D eigenvalue weighted by Gasteiger charge is 2.55. The largest absolute Gasteiger partial charge is 0.496 e. The number of aromatic nitrogens is 2. The van der Waals surface area contributed by atoms with E-state index in [0.29, 0.717) is 18.0 Å². The van der Waals surface area contributed by atoms with Gasteiger partial charge in [0, 0.05) is 37.2 Å². The molecule has 1 aliphatic carbocycles. The van der Waals surface area contributed by atoms with Crippen LogP contribution in [0.15, 0.2) is 41.5 Å². The van der Waals surface area contributed by atoms with Crippen LogP contribution in [-0.2, 0) is 11.3 Å². The third-order valence-corrected chi connectivity index (χ3v) is 7.08. The molecule has 6 nitrogen and oxygen atoms in total. The summed E-state index contributed by atoms with van der Waals surface area (Å²) in [7, 11) is 5.63. The van der Waals surface area contributed by atoms with Gasteiger partial charge in [0.1, 0.15) is 5.75 Å². The van der Waals surface area contributed by atoms with Crippen molar-refractivity contribution in [3.8, 4) is 17.0 Å². The molecule has 1 spiro atoms. The number of benzene rings is 1. The second kappa shape index (κ2) is 7.92. The van der Waals surface area contributed by atoms with E-state index in [1.807, 2.05) is 31.4 Å². The minimum Gasteiger partial charge on any atom is -0.496 e. The van der Waals surface area contributed by atoms with E-state index in [-0.39, 0.29) is 16.6 Å². The van der Waals surface area contributed by atoms with Crippen molar-refractivity contribution >= 4 is 0 Å². The predicted molar refractivity (Wildman–Crippen MR) is 113 cm³/mol. The van der Waals surface area contributed by atoms with Gasteiger partial charge in [0.15, 0.2) is 0 Å². The molecule has 1 saturated carbocycles. The highest BCUT2D eigenvalue weighted by atomic mass is 16.5. The van der Waals surface area contributed by atoms with Gasteiger partial charge in [-0.05, 0) is 38.4 Å². The summed E-state index contributed by atoms with van der Waals surface area (Å²) < 4.78 is 13.4. The molecule has 29 heavy (non-hydrogen) atoms. The van der Waals surface area contributed by atoms with Gasteiger partial charge in [-0.3, -0.25) is 9.36 Å². The molecule has 1 aliphatic heterocycles. The van der Waals surface area contributed by atoms with Crippen molar-refractivity contribution < 1.29 is 9.47 Å². The number of rotatable bonds is 5. The summed E-state index contributed by atoms with van der Waals surface area (Å²) >= 11 is 0. The van der Waals surface area contributed by atoms with Crippen LogP contribution in [0.25, 0.3) is 11.3 Å². The maximum Gasteiger partial charge on any atom is 0.253 e. The van der Waals surface area contributed by atoms with E-state index in [1.165, 1.54) is 12.8 Å². The molecular formula is C23H31N3O3. The molecule has 0 amide bonds. The zero-order valence-electron chi connectivity index (χ0n) is 17.7. The van der Waals surface area contributed by atoms with Gasteiger partial charge in [-0.15, -0.1) is 0 Å². The molecule has 0 N–H and O–H groups in total. The highest BCUT2D eigenvalue weighted by Crippen LogP contribution is 2.52. The summed E-state index contributed by atoms with van der Waals surface area (Å²) in [6.07, 6.45) is 7.39. The molecule has 4 rings (SSSR count). The quantitative estimate of drug-likeness (QED) is 0.776. The van der Waals surface area contributed by atoms with Crippen LogP contribution in [0.2, 0.25) is 0 Å². The van der Waals surface area contributed by atoms with Crippen LogP contribution >= 0.6 is 0 Å². The van der Waals surface area contributed by atoms with E-state index < -0.39 is 0 Å². The van der Waals surface area contributed by atoms with Gasteiger partial charge in [0.05, 0.1) is 31.3 Å². The molecule has 2 aromatic rings. The molecule has 2 heterocycles. The number of methoxy groups -OCH3 is 2. The van der Waals surface area contributed by atoms with E-state index in [1.54, 1.807) is 24.1 Å². The Morgan fingerprint density at radius 1 is 1.14 bits per heavy atom. The molecule has 1 atom stereocenters. The van der Waals surface area contributed by atoms with Crippen molar-refractivity contribution in [2.45, 2.75) is 44.2 Å². The average molecular weight is 398 g/mol. The molecular weight excluding hydrogens is 366 g/mol. The van der Waals surface area contributed by atoms with Gasteiger partial charge in [-0.2, -0.15) is 0 Å². The van der Waals surface area contributed by atoms with Crippen molar-refractivity contribution in [2.24, 2.45) is 5.41 Å². The molecule has 0 radical (unpaired) electrons. The predicted octanol–water partition coefficient (Wildman–Crippen LogP) is 3.20. The van der Waals surface area contributed by atoms with Crippen molar-refractivity contribution in [1.82, 2.24) is 14.5 Å². The molecule has 1 saturated heterocycles. The summed E-state index contributed by atoms with van der Waals surface area (Å²) in [6, 6.07) is 9.24. The van der Waals surface area contributed by atoms with Crippen LogP contribution in [0.1, 0.15) is 32.1 Å². The smallest absolute Gasteiger partial charge is 0.253 e. The second-order valence-electron chi connectivity index (χ2n) is 8.61. The standard InChI is InChI=1S/C23H31N3O3/c1-25-13-12-23(29-3,22(15-25)10-6-7-11-22)16-26-17-24-19(14-21(26)27)18-8-4-5-9-20(18)28-2/h4-5,8-9,14,17H,6-7,10-13,15-16H2,1-3H3. The third-order valence-electron chi connectivity index (χ3n) is 7.08. The first kappa shape index (κ1) is 20.1. The maximum atomic E-state index is 13.0. The highest BCUT2D eigenvalue weighted by molar-refractivity contribution is 5.66. The second-order valence-corrected chi connectivity index (χ2v) is 8.61. The lowest BCUT2D eigenvalue weighted by Gasteiger charge is -2.53. The van der Waals surface area contributed by atoms with Crippen LogP contribution in [-0.4, -0.2) is 54.4 Å². The number of hydrogen-bond donors (Lipinski definition) is 0. The Morgan fingerprint density at radius 2 is 1.90 bits per heavy atom. The number of likely N-dealkylation sites (tertiary alicyclic amines) is 1. The minimum absolute atomic E-state index is 0.0515. The van der Waals surface area contributed by atoms with Gasteiger partial charge in [-0.25, -0.2) is 4.98 Å². The van der Waals surface area contributed by atoms with Crippen LogP contribution in [0.3, 0.4) is 0 Å². The first-order valence-electron chi connectivity index (χ1n) is 10.5. The van der Waals surface area contributed by atoms with Gasteiger partial charge < -0.3 is 14.4 Å². The molecule has 2 aliphatic rings. The van der Waals surface area contributed by atoms with E-state index in [0.717, 1.165) is 37.9 Å². The van der Waals surface area contributed by atoms with Crippen molar-refractivity contribution in [3.63, 3.8) is 0 Å². The lowest BCUT2D eigenvalue weighted by molar-refractivity contribution is -0.161. The van der Waals surface area contributed by atoms with Gasteiger partial charge >= 0.3 is 0 Å². The Labute approximate surface area is 172 Å². The Kier molecular flexibility index (Phi) is 5.49. The van der Waals surface area contributed by atoms with Crippen LogP contribution in [0, 0.1) is 5.41 Å². The summed E-state index contributed by atoms with van der Waals surface area (Å²) in [5.74, 6) is 0.714. The van der Waals surface area contributed by atoms with Crippen molar-refractivity contribution in [1.29, 1.82) is 0 Å². The minimum atomic E-state index is -0.326. The topological polar surface area (TPSA) is 56.6 Å². The van der Waals surface area contributed by atoms with E-state index in [2.05, 4.69) is 16.9 Å². The number of ether oxygens (including phenoxy) is 2. The van der Waals surface area contributed by atoms with Crippen molar-refractivity contribution in [3.05, 3.63) is 47.0 Å². The van der Waals surface area contributed by atoms with Gasteiger partial charge in [0.25, 0.3) is 5.56 Å². The lowest BCUT2D eigenvalue weighted by atomic mass is 9.65. The van der Waals surface area contributed by atoms with Crippen LogP contribution in [0.5, 0.6) is 5.75 Å². The van der Waals surface area contributed by atoms with Crippen molar-refractivity contribution in [2.75, 3.05) is 34.4 Å². The van der Waals surface area contributed by atoms with E-state index >= 15 is 0 Å².